The molecule has 6 heteroatoms. The maximum absolute atomic E-state index is 11.9. The summed E-state index contributed by atoms with van der Waals surface area (Å²) >= 11 is 5.78. The molecule has 2 heterocycles. The molecule has 0 bridgehead atoms. The Bertz CT molecular complexity index is 572. The predicted molar refractivity (Wildman–Crippen MR) is 63.2 cm³/mol. The molecule has 0 fully saturated rings. The van der Waals surface area contributed by atoms with Gasteiger partial charge in [-0.05, 0) is 26.8 Å². The first-order valence-corrected chi connectivity index (χ1v) is 5.48. The van der Waals surface area contributed by atoms with Crippen molar-refractivity contribution in [2.75, 3.05) is 0 Å². The lowest BCUT2D eigenvalue weighted by Crippen LogP contribution is -2.23. The van der Waals surface area contributed by atoms with Crippen LogP contribution in [0.25, 0.3) is 5.65 Å². The van der Waals surface area contributed by atoms with E-state index in [0.29, 0.717) is 16.4 Å². The molecule has 90 valence electrons. The average molecular weight is 254 g/mol. The summed E-state index contributed by atoms with van der Waals surface area (Å²) in [5.41, 5.74) is 0.151. The zero-order valence-corrected chi connectivity index (χ0v) is 10.5. The van der Waals surface area contributed by atoms with E-state index in [1.165, 1.54) is 10.7 Å². The summed E-state index contributed by atoms with van der Waals surface area (Å²) in [4.78, 5) is 15.9. The van der Waals surface area contributed by atoms with Crippen LogP contribution in [-0.4, -0.2) is 26.2 Å². The average Bonchev–Trinajstić information content (AvgIpc) is 2.57. The molecule has 0 amide bonds. The lowest BCUT2D eigenvalue weighted by atomic mass is 10.2. The summed E-state index contributed by atoms with van der Waals surface area (Å²) in [6.07, 6.45) is 3.06. The maximum Gasteiger partial charge on any atom is 0.344 e. The van der Waals surface area contributed by atoms with Crippen LogP contribution in [0.1, 0.15) is 31.1 Å². The first-order valence-electron chi connectivity index (χ1n) is 5.10. The molecule has 0 atom stereocenters. The van der Waals surface area contributed by atoms with Crippen molar-refractivity contribution in [3.05, 3.63) is 29.2 Å². The molecular formula is C11H12ClN3O2. The Balaban J connectivity index is 2.42. The number of rotatable bonds is 1. The Morgan fingerprint density at radius 3 is 2.82 bits per heavy atom. The highest BCUT2D eigenvalue weighted by molar-refractivity contribution is 6.29. The molecule has 0 saturated heterocycles. The predicted octanol–water partition coefficient (Wildman–Crippen LogP) is 2.34. The van der Waals surface area contributed by atoms with Gasteiger partial charge in [0.15, 0.2) is 5.65 Å². The number of hydrogen-bond donors (Lipinski definition) is 0. The lowest BCUT2D eigenvalue weighted by Gasteiger charge is -2.18. The van der Waals surface area contributed by atoms with Gasteiger partial charge in [-0.25, -0.2) is 14.3 Å². The van der Waals surface area contributed by atoms with Gasteiger partial charge in [-0.1, -0.05) is 11.6 Å². The lowest BCUT2D eigenvalue weighted by molar-refractivity contribution is 0.00716. The Labute approximate surface area is 103 Å². The molecule has 0 aliphatic rings. The molecule has 2 rings (SSSR count). The first kappa shape index (κ1) is 11.9. The Morgan fingerprint density at radius 2 is 2.18 bits per heavy atom. The minimum Gasteiger partial charge on any atom is -0.456 e. The third-order valence-electron chi connectivity index (χ3n) is 1.95. The second-order valence-electron chi connectivity index (χ2n) is 4.58. The topological polar surface area (TPSA) is 56.5 Å². The van der Waals surface area contributed by atoms with E-state index in [1.807, 2.05) is 0 Å². The Kier molecular flexibility index (Phi) is 2.79. The molecule has 2 aromatic heterocycles. The van der Waals surface area contributed by atoms with Crippen LogP contribution in [0.2, 0.25) is 5.15 Å². The van der Waals surface area contributed by atoms with Gasteiger partial charge >= 0.3 is 5.97 Å². The molecule has 0 aliphatic carbocycles. The number of halogens is 1. The zero-order valence-electron chi connectivity index (χ0n) is 9.77. The minimum atomic E-state index is -0.552. The Morgan fingerprint density at radius 1 is 1.47 bits per heavy atom. The summed E-state index contributed by atoms with van der Waals surface area (Å²) in [6.45, 7) is 5.41. The molecule has 0 radical (unpaired) electrons. The van der Waals surface area contributed by atoms with E-state index in [0.717, 1.165) is 0 Å². The normalized spacial score (nSPS) is 11.8. The fourth-order valence-corrected chi connectivity index (χ4v) is 1.46. The molecule has 0 aromatic carbocycles. The van der Waals surface area contributed by atoms with Crippen LogP contribution >= 0.6 is 11.6 Å². The third kappa shape index (κ3) is 2.55. The van der Waals surface area contributed by atoms with E-state index in [1.54, 1.807) is 33.0 Å². The smallest absolute Gasteiger partial charge is 0.344 e. The summed E-state index contributed by atoms with van der Waals surface area (Å²) in [7, 11) is 0. The van der Waals surface area contributed by atoms with Crippen molar-refractivity contribution in [3.63, 3.8) is 0 Å². The van der Waals surface area contributed by atoms with Gasteiger partial charge < -0.3 is 4.74 Å². The second-order valence-corrected chi connectivity index (χ2v) is 4.97. The largest absolute Gasteiger partial charge is 0.456 e. The number of ether oxygens (including phenoxy) is 1. The number of nitrogens with zero attached hydrogens (tertiary/aromatic N) is 3. The number of carbonyl (C=O) groups is 1. The standard InChI is InChI=1S/C11H12ClN3O2/c1-11(2,3)17-10(16)7-6-13-15-5-4-8(12)14-9(7)15/h4-6H,1-3H3. The van der Waals surface area contributed by atoms with Gasteiger partial charge in [0, 0.05) is 6.20 Å². The van der Waals surface area contributed by atoms with Gasteiger partial charge in [-0.3, -0.25) is 0 Å². The van der Waals surface area contributed by atoms with Crippen molar-refractivity contribution in [3.8, 4) is 0 Å². The molecule has 2 aromatic rings. The molecule has 0 spiro atoms. The van der Waals surface area contributed by atoms with Crippen LogP contribution in [0.5, 0.6) is 0 Å². The van der Waals surface area contributed by atoms with E-state index < -0.39 is 11.6 Å². The number of esters is 1. The number of hydrogen-bond acceptors (Lipinski definition) is 4. The second kappa shape index (κ2) is 4.00. The van der Waals surface area contributed by atoms with E-state index >= 15 is 0 Å². The maximum atomic E-state index is 11.9. The zero-order chi connectivity index (χ0) is 12.6. The minimum absolute atomic E-state index is 0.308. The molecule has 0 N–H and O–H groups in total. The van der Waals surface area contributed by atoms with Crippen molar-refractivity contribution in [2.24, 2.45) is 0 Å². The van der Waals surface area contributed by atoms with Crippen molar-refractivity contribution >= 4 is 23.2 Å². The van der Waals surface area contributed by atoms with Crippen LogP contribution < -0.4 is 0 Å². The highest BCUT2D eigenvalue weighted by Gasteiger charge is 2.21. The van der Waals surface area contributed by atoms with Crippen LogP contribution in [0, 0.1) is 0 Å². The van der Waals surface area contributed by atoms with Crippen molar-refractivity contribution in [2.45, 2.75) is 26.4 Å². The first-order chi connectivity index (χ1) is 7.87. The van der Waals surface area contributed by atoms with Gasteiger partial charge in [-0.2, -0.15) is 5.10 Å². The van der Waals surface area contributed by atoms with E-state index in [-0.39, 0.29) is 0 Å². The molecule has 17 heavy (non-hydrogen) atoms. The van der Waals surface area contributed by atoms with Crippen molar-refractivity contribution in [1.29, 1.82) is 0 Å². The van der Waals surface area contributed by atoms with Crippen LogP contribution in [-0.2, 0) is 4.74 Å². The van der Waals surface area contributed by atoms with E-state index in [4.69, 9.17) is 16.3 Å². The third-order valence-corrected chi connectivity index (χ3v) is 2.16. The van der Waals surface area contributed by atoms with Crippen molar-refractivity contribution < 1.29 is 9.53 Å². The SMILES string of the molecule is CC(C)(C)OC(=O)c1cnn2ccc(Cl)nc12. The number of aromatic nitrogens is 3. The molecular weight excluding hydrogens is 242 g/mol. The van der Waals surface area contributed by atoms with Crippen LogP contribution in [0.15, 0.2) is 18.5 Å². The highest BCUT2D eigenvalue weighted by atomic mass is 35.5. The Hall–Kier alpha value is -1.62. The quantitative estimate of drug-likeness (QED) is 0.578. The highest BCUT2D eigenvalue weighted by Crippen LogP contribution is 2.16. The summed E-state index contributed by atoms with van der Waals surface area (Å²) in [5.74, 6) is -0.456. The number of carbonyl (C=O) groups excluding carboxylic acids is 1. The summed E-state index contributed by atoms with van der Waals surface area (Å²) < 4.78 is 6.73. The van der Waals surface area contributed by atoms with Gasteiger partial charge in [0.05, 0.1) is 6.20 Å². The van der Waals surface area contributed by atoms with Gasteiger partial charge in [-0.15, -0.1) is 0 Å². The number of fused-ring (bicyclic) bond motifs is 1. The summed E-state index contributed by atoms with van der Waals surface area (Å²) in [6, 6.07) is 1.60. The van der Waals surface area contributed by atoms with Crippen LogP contribution in [0.3, 0.4) is 0 Å². The van der Waals surface area contributed by atoms with Crippen molar-refractivity contribution in [1.82, 2.24) is 14.6 Å². The molecule has 0 aliphatic heterocycles. The van der Waals surface area contributed by atoms with Crippen LogP contribution in [0.4, 0.5) is 0 Å². The molecule has 0 unspecified atom stereocenters. The fraction of sp³-hybridized carbons (Fsp3) is 0.364. The fourth-order valence-electron chi connectivity index (χ4n) is 1.32. The van der Waals surface area contributed by atoms with E-state index in [9.17, 15) is 4.79 Å². The summed E-state index contributed by atoms with van der Waals surface area (Å²) in [5, 5.41) is 4.31. The molecule has 0 saturated carbocycles. The monoisotopic (exact) mass is 253 g/mol. The molecule has 5 nitrogen and oxygen atoms in total. The van der Waals surface area contributed by atoms with Gasteiger partial charge in [0.25, 0.3) is 0 Å². The van der Waals surface area contributed by atoms with Gasteiger partial charge in [0.1, 0.15) is 16.3 Å². The van der Waals surface area contributed by atoms with Gasteiger partial charge in [0.2, 0.25) is 0 Å². The van der Waals surface area contributed by atoms with E-state index in [2.05, 4.69) is 10.1 Å².